The van der Waals surface area contributed by atoms with Crippen LogP contribution < -0.4 is 16.5 Å². The Balaban J connectivity index is 1.18. The average molecular weight is 525 g/mol. The average Bonchev–Trinajstić information content (AvgIpc) is 3.60. The lowest BCUT2D eigenvalue weighted by Crippen LogP contribution is -2.39. The highest BCUT2D eigenvalue weighted by Crippen LogP contribution is 2.34. The number of hydrazine groups is 1. The minimum absolute atomic E-state index is 0.290. The number of hydrogen-bond acceptors (Lipinski definition) is 7. The van der Waals surface area contributed by atoms with Crippen molar-refractivity contribution in [2.24, 2.45) is 11.7 Å². The SMILES string of the molecule is NC1CCC(Nc2nc(NN3CCC(Cc4cccc(F)c4F)CC3)c3ncn(C4CCCC4)c3n2)CC1. The molecule has 0 atom stereocenters. The molecule has 2 aliphatic carbocycles. The number of halogens is 2. The summed E-state index contributed by atoms with van der Waals surface area (Å²) < 4.78 is 30.0. The Bertz CT molecular complexity index is 1240. The van der Waals surface area contributed by atoms with Gasteiger partial charge in [0, 0.05) is 31.2 Å². The van der Waals surface area contributed by atoms with Crippen LogP contribution >= 0.6 is 0 Å². The van der Waals surface area contributed by atoms with Crippen molar-refractivity contribution in [2.75, 3.05) is 23.8 Å². The van der Waals surface area contributed by atoms with Crippen LogP contribution in [0.1, 0.15) is 75.8 Å². The van der Waals surface area contributed by atoms with Gasteiger partial charge < -0.3 is 21.0 Å². The summed E-state index contributed by atoms with van der Waals surface area (Å²) in [5.74, 6) is 0.181. The fraction of sp³-hybridized carbons (Fsp3) is 0.607. The third-order valence-corrected chi connectivity index (χ3v) is 8.66. The zero-order valence-electron chi connectivity index (χ0n) is 21.9. The first-order valence-electron chi connectivity index (χ1n) is 14.2. The second-order valence-corrected chi connectivity index (χ2v) is 11.4. The van der Waals surface area contributed by atoms with Crippen molar-refractivity contribution in [1.29, 1.82) is 0 Å². The van der Waals surface area contributed by atoms with Crippen molar-refractivity contribution >= 4 is 22.9 Å². The summed E-state index contributed by atoms with van der Waals surface area (Å²) in [5, 5.41) is 5.74. The van der Waals surface area contributed by atoms with Crippen LogP contribution in [0.5, 0.6) is 0 Å². The predicted octanol–water partition coefficient (Wildman–Crippen LogP) is 5.18. The standard InChI is InChI=1S/C28H38F2N8/c29-23-7-3-4-19(24(23)30)16-18-12-14-37(15-13-18)36-26-25-27(38(17-32-25)22-5-1-2-6-22)35-28(34-26)33-21-10-8-20(31)9-11-21/h3-4,7,17-18,20-22H,1-2,5-6,8-16,31H2,(H2,33,34,35,36). The third-order valence-electron chi connectivity index (χ3n) is 8.66. The molecule has 2 saturated carbocycles. The number of nitrogens with two attached hydrogens (primary N) is 1. The van der Waals surface area contributed by atoms with Crippen molar-refractivity contribution in [2.45, 2.75) is 88.8 Å². The molecular weight excluding hydrogens is 486 g/mol. The predicted molar refractivity (Wildman–Crippen MR) is 145 cm³/mol. The van der Waals surface area contributed by atoms with Crippen molar-refractivity contribution < 1.29 is 8.78 Å². The molecule has 1 saturated heterocycles. The number of nitrogens with zero attached hydrogens (tertiary/aromatic N) is 5. The Hall–Kier alpha value is -2.85. The van der Waals surface area contributed by atoms with Crippen molar-refractivity contribution in [1.82, 2.24) is 24.5 Å². The molecule has 38 heavy (non-hydrogen) atoms. The summed E-state index contributed by atoms with van der Waals surface area (Å²) in [4.78, 5) is 14.6. The van der Waals surface area contributed by atoms with E-state index in [1.165, 1.54) is 18.9 Å². The zero-order chi connectivity index (χ0) is 26.1. The highest BCUT2D eigenvalue weighted by molar-refractivity contribution is 5.84. The summed E-state index contributed by atoms with van der Waals surface area (Å²) in [5.41, 5.74) is 11.8. The number of rotatable bonds is 7. The third kappa shape index (κ3) is 5.47. The quantitative estimate of drug-likeness (QED) is 0.392. The molecule has 3 fully saturated rings. The van der Waals surface area contributed by atoms with Crippen LogP contribution in [0.3, 0.4) is 0 Å². The van der Waals surface area contributed by atoms with E-state index in [-0.39, 0.29) is 6.04 Å². The Labute approximate surface area is 222 Å². The molecular formula is C28H38F2N8. The van der Waals surface area contributed by atoms with Gasteiger partial charge in [-0.2, -0.15) is 9.97 Å². The smallest absolute Gasteiger partial charge is 0.227 e. The van der Waals surface area contributed by atoms with E-state index in [9.17, 15) is 8.78 Å². The van der Waals surface area contributed by atoms with E-state index in [0.717, 1.165) is 81.4 Å². The Kier molecular flexibility index (Phi) is 7.43. The fourth-order valence-corrected chi connectivity index (χ4v) is 6.37. The van der Waals surface area contributed by atoms with E-state index in [1.54, 1.807) is 12.1 Å². The molecule has 3 aromatic rings. The van der Waals surface area contributed by atoms with Gasteiger partial charge in [-0.1, -0.05) is 25.0 Å². The molecule has 3 heterocycles. The number of hydrogen-bond donors (Lipinski definition) is 3. The van der Waals surface area contributed by atoms with Gasteiger partial charge in [-0.05, 0) is 75.3 Å². The number of aromatic nitrogens is 4. The van der Waals surface area contributed by atoms with Gasteiger partial charge in [-0.25, -0.2) is 18.8 Å². The molecule has 0 radical (unpaired) electrons. The van der Waals surface area contributed by atoms with E-state index >= 15 is 0 Å². The molecule has 0 spiro atoms. The van der Waals surface area contributed by atoms with Gasteiger partial charge in [0.15, 0.2) is 28.6 Å². The van der Waals surface area contributed by atoms with Crippen LogP contribution in [0.25, 0.3) is 11.2 Å². The summed E-state index contributed by atoms with van der Waals surface area (Å²) >= 11 is 0. The number of fused-ring (bicyclic) bond motifs is 1. The van der Waals surface area contributed by atoms with Crippen molar-refractivity contribution in [3.05, 3.63) is 41.7 Å². The molecule has 0 unspecified atom stereocenters. The second kappa shape index (κ2) is 11.1. The number of nitrogens with one attached hydrogen (secondary N) is 2. The molecule has 4 N–H and O–H groups in total. The van der Waals surface area contributed by atoms with Crippen molar-refractivity contribution in [3.8, 4) is 0 Å². The van der Waals surface area contributed by atoms with Gasteiger partial charge in [0.1, 0.15) is 0 Å². The van der Waals surface area contributed by atoms with Gasteiger partial charge >= 0.3 is 0 Å². The number of piperidine rings is 1. The van der Waals surface area contributed by atoms with Crippen LogP contribution in [-0.2, 0) is 6.42 Å². The van der Waals surface area contributed by atoms with Crippen LogP contribution in [0, 0.1) is 17.6 Å². The summed E-state index contributed by atoms with van der Waals surface area (Å²) in [6.07, 6.45) is 13.1. The molecule has 10 heteroatoms. The summed E-state index contributed by atoms with van der Waals surface area (Å²) in [6, 6.07) is 5.49. The Morgan fingerprint density at radius 1 is 0.947 bits per heavy atom. The number of anilines is 2. The van der Waals surface area contributed by atoms with Gasteiger partial charge in [0.05, 0.1) is 6.33 Å². The first-order valence-corrected chi connectivity index (χ1v) is 14.2. The molecule has 3 aliphatic rings. The van der Waals surface area contributed by atoms with Crippen LogP contribution in [0.2, 0.25) is 0 Å². The molecule has 6 rings (SSSR count). The number of benzene rings is 1. The van der Waals surface area contributed by atoms with E-state index in [0.29, 0.717) is 35.9 Å². The van der Waals surface area contributed by atoms with E-state index in [2.05, 4.69) is 20.3 Å². The largest absolute Gasteiger partial charge is 0.351 e. The molecule has 1 aliphatic heterocycles. The molecule has 0 amide bonds. The molecule has 8 nitrogen and oxygen atoms in total. The summed E-state index contributed by atoms with van der Waals surface area (Å²) in [7, 11) is 0. The summed E-state index contributed by atoms with van der Waals surface area (Å²) in [6.45, 7) is 1.58. The second-order valence-electron chi connectivity index (χ2n) is 11.4. The number of imidazole rings is 1. The Morgan fingerprint density at radius 3 is 2.47 bits per heavy atom. The highest BCUT2D eigenvalue weighted by Gasteiger charge is 2.26. The van der Waals surface area contributed by atoms with Gasteiger partial charge in [0.2, 0.25) is 5.95 Å². The topological polar surface area (TPSA) is 96.9 Å². The maximum atomic E-state index is 14.2. The monoisotopic (exact) mass is 524 g/mol. The normalized spacial score (nSPS) is 23.8. The van der Waals surface area contributed by atoms with Crippen molar-refractivity contribution in [3.63, 3.8) is 0 Å². The molecule has 204 valence electrons. The van der Waals surface area contributed by atoms with E-state index < -0.39 is 11.6 Å². The van der Waals surface area contributed by atoms with Gasteiger partial charge in [0.25, 0.3) is 0 Å². The minimum atomic E-state index is -0.771. The van der Waals surface area contributed by atoms with Crippen LogP contribution in [-0.4, -0.2) is 49.7 Å². The maximum absolute atomic E-state index is 14.2. The lowest BCUT2D eigenvalue weighted by atomic mass is 9.90. The van der Waals surface area contributed by atoms with E-state index in [4.69, 9.17) is 20.7 Å². The lowest BCUT2D eigenvalue weighted by Gasteiger charge is -2.32. The molecule has 1 aromatic carbocycles. The van der Waals surface area contributed by atoms with Crippen LogP contribution in [0.4, 0.5) is 20.5 Å². The Morgan fingerprint density at radius 2 is 1.71 bits per heavy atom. The zero-order valence-corrected chi connectivity index (χ0v) is 21.9. The van der Waals surface area contributed by atoms with Gasteiger partial charge in [-0.3, -0.25) is 0 Å². The van der Waals surface area contributed by atoms with Crippen LogP contribution in [0.15, 0.2) is 24.5 Å². The maximum Gasteiger partial charge on any atom is 0.227 e. The first kappa shape index (κ1) is 25.4. The lowest BCUT2D eigenvalue weighted by molar-refractivity contribution is 0.215. The fourth-order valence-electron chi connectivity index (χ4n) is 6.37. The van der Waals surface area contributed by atoms with E-state index in [1.807, 2.05) is 6.33 Å². The molecule has 2 aromatic heterocycles. The highest BCUT2D eigenvalue weighted by atomic mass is 19.2. The molecule has 0 bridgehead atoms. The first-order chi connectivity index (χ1) is 18.5. The van der Waals surface area contributed by atoms with Gasteiger partial charge in [-0.15, -0.1) is 0 Å². The minimum Gasteiger partial charge on any atom is -0.351 e.